The van der Waals surface area contributed by atoms with E-state index in [1.54, 1.807) is 17.2 Å². The average molecular weight is 522 g/mol. The number of nitrogens with one attached hydrogen (secondary N) is 1. The molecule has 4 heterocycles. The second-order valence-electron chi connectivity index (χ2n) is 9.69. The van der Waals surface area contributed by atoms with Crippen LogP contribution in [0.3, 0.4) is 0 Å². The molecule has 4 unspecified atom stereocenters. The van der Waals surface area contributed by atoms with Crippen molar-refractivity contribution in [1.82, 2.24) is 35.1 Å². The van der Waals surface area contributed by atoms with Gasteiger partial charge in [-0.2, -0.15) is 4.68 Å². The van der Waals surface area contributed by atoms with Gasteiger partial charge in [0.15, 0.2) is 0 Å². The number of benzene rings is 3. The Bertz CT molecular complexity index is 1510. The molecule has 4 atom stereocenters. The van der Waals surface area contributed by atoms with Crippen molar-refractivity contribution in [3.8, 4) is 28.6 Å². The fourth-order valence-corrected chi connectivity index (χ4v) is 5.22. The Labute approximate surface area is 225 Å². The van der Waals surface area contributed by atoms with Gasteiger partial charge in [0.25, 0.3) is 0 Å². The third-order valence-corrected chi connectivity index (χ3v) is 7.28. The number of tetrazole rings is 1. The van der Waals surface area contributed by atoms with Crippen molar-refractivity contribution in [2.45, 2.75) is 30.8 Å². The summed E-state index contributed by atoms with van der Waals surface area (Å²) in [5.74, 6) is 0.635. The van der Waals surface area contributed by atoms with E-state index in [1.807, 2.05) is 41.1 Å². The van der Waals surface area contributed by atoms with Crippen molar-refractivity contribution in [1.29, 1.82) is 0 Å². The standard InChI is InChI=1S/C29H27N7O3/c1-2-4-21(5-3-1)22-8-6-20(7-9-22)16-31-25-17-37-28-26(18-38-27(25)28)36-29(32-33-34-36)39-24-12-10-23(11-13-24)35-15-14-30-19-35/h1-15,19,25-28,31H,16-18H2. The van der Waals surface area contributed by atoms with Gasteiger partial charge in [0.05, 0.1) is 25.6 Å². The molecule has 196 valence electrons. The van der Waals surface area contributed by atoms with Crippen LogP contribution in [0.25, 0.3) is 16.8 Å². The third-order valence-electron chi connectivity index (χ3n) is 7.28. The normalized spacial score (nSPS) is 22.2. The van der Waals surface area contributed by atoms with E-state index in [2.05, 4.69) is 74.4 Å². The molecule has 2 saturated heterocycles. The highest BCUT2D eigenvalue weighted by atomic mass is 16.6. The lowest BCUT2D eigenvalue weighted by Crippen LogP contribution is -2.40. The Kier molecular flexibility index (Phi) is 6.33. The first-order valence-electron chi connectivity index (χ1n) is 13.0. The minimum absolute atomic E-state index is 0.0744. The van der Waals surface area contributed by atoms with Gasteiger partial charge in [0.1, 0.15) is 24.0 Å². The molecule has 0 amide bonds. The number of ether oxygens (including phenoxy) is 3. The van der Waals surface area contributed by atoms with Crippen molar-refractivity contribution in [3.63, 3.8) is 0 Å². The van der Waals surface area contributed by atoms with E-state index >= 15 is 0 Å². The molecule has 5 aromatic rings. The second-order valence-corrected chi connectivity index (χ2v) is 9.69. The molecule has 2 fully saturated rings. The van der Waals surface area contributed by atoms with Gasteiger partial charge in [-0.1, -0.05) is 59.7 Å². The lowest BCUT2D eigenvalue weighted by atomic mass is 10.0. The number of imidazole rings is 1. The lowest BCUT2D eigenvalue weighted by Gasteiger charge is -2.18. The summed E-state index contributed by atoms with van der Waals surface area (Å²) in [5, 5.41) is 15.8. The van der Waals surface area contributed by atoms with Crippen molar-refractivity contribution < 1.29 is 14.2 Å². The predicted octanol–water partition coefficient (Wildman–Crippen LogP) is 3.82. The Morgan fingerprint density at radius 3 is 2.46 bits per heavy atom. The molecule has 0 radical (unpaired) electrons. The maximum atomic E-state index is 6.19. The van der Waals surface area contributed by atoms with Gasteiger partial charge in [0, 0.05) is 24.6 Å². The first-order valence-corrected chi connectivity index (χ1v) is 13.0. The highest BCUT2D eigenvalue weighted by molar-refractivity contribution is 5.63. The van der Waals surface area contributed by atoms with Gasteiger partial charge in [-0.25, -0.2) is 4.98 Å². The topological polar surface area (TPSA) is 101 Å². The molecule has 3 aromatic carbocycles. The fraction of sp³-hybridized carbons (Fsp3) is 0.241. The van der Waals surface area contributed by atoms with Crippen LogP contribution in [0.2, 0.25) is 0 Å². The summed E-state index contributed by atoms with van der Waals surface area (Å²) in [6, 6.07) is 26.9. The number of fused-ring (bicyclic) bond motifs is 1. The first-order chi connectivity index (χ1) is 19.3. The van der Waals surface area contributed by atoms with E-state index in [-0.39, 0.29) is 24.3 Å². The molecule has 10 nitrogen and oxygen atoms in total. The van der Waals surface area contributed by atoms with Crippen molar-refractivity contribution in [3.05, 3.63) is 103 Å². The van der Waals surface area contributed by atoms with Gasteiger partial charge in [-0.3, -0.25) is 0 Å². The van der Waals surface area contributed by atoms with Gasteiger partial charge in [-0.05, 0) is 51.4 Å². The van der Waals surface area contributed by atoms with Crippen LogP contribution < -0.4 is 10.1 Å². The van der Waals surface area contributed by atoms with Crippen LogP contribution in [-0.4, -0.2) is 61.2 Å². The zero-order chi connectivity index (χ0) is 26.0. The first kappa shape index (κ1) is 23.7. The number of hydrogen-bond acceptors (Lipinski definition) is 8. The predicted molar refractivity (Wildman–Crippen MR) is 142 cm³/mol. The molecular weight excluding hydrogens is 494 g/mol. The maximum absolute atomic E-state index is 6.19. The zero-order valence-electron chi connectivity index (χ0n) is 21.1. The van der Waals surface area contributed by atoms with E-state index in [1.165, 1.54) is 16.7 Å². The highest BCUT2D eigenvalue weighted by Crippen LogP contribution is 2.36. The molecule has 39 heavy (non-hydrogen) atoms. The molecule has 0 saturated carbocycles. The highest BCUT2D eigenvalue weighted by Gasteiger charge is 2.49. The minimum atomic E-state index is -0.179. The minimum Gasteiger partial charge on any atom is -0.423 e. The number of aromatic nitrogens is 6. The van der Waals surface area contributed by atoms with E-state index < -0.39 is 0 Å². The summed E-state index contributed by atoms with van der Waals surface area (Å²) in [6.07, 6.45) is 5.11. The van der Waals surface area contributed by atoms with E-state index in [0.717, 1.165) is 12.2 Å². The number of rotatable bonds is 8. The molecule has 2 aromatic heterocycles. The molecule has 2 aliphatic heterocycles. The van der Waals surface area contributed by atoms with Crippen LogP contribution >= 0.6 is 0 Å². The zero-order valence-corrected chi connectivity index (χ0v) is 21.1. The Hall–Kier alpha value is -4.38. The SMILES string of the molecule is c1ccc(-c2ccc(CNC3COC4C3OCC4n3nnnc3Oc3ccc(-n4ccnc4)cc3)cc2)cc1. The smallest absolute Gasteiger partial charge is 0.341 e. The maximum Gasteiger partial charge on any atom is 0.341 e. The Balaban J connectivity index is 0.978. The molecule has 2 aliphatic rings. The van der Waals surface area contributed by atoms with Crippen LogP contribution in [-0.2, 0) is 16.0 Å². The molecule has 0 bridgehead atoms. The van der Waals surface area contributed by atoms with Crippen molar-refractivity contribution in [2.75, 3.05) is 13.2 Å². The van der Waals surface area contributed by atoms with Gasteiger partial charge < -0.3 is 24.1 Å². The molecular formula is C29H27N7O3. The summed E-state index contributed by atoms with van der Waals surface area (Å²) in [4.78, 5) is 4.08. The molecule has 0 aliphatic carbocycles. The van der Waals surface area contributed by atoms with E-state index in [0.29, 0.717) is 25.0 Å². The Morgan fingerprint density at radius 2 is 1.67 bits per heavy atom. The van der Waals surface area contributed by atoms with Crippen LogP contribution in [0.15, 0.2) is 97.6 Å². The summed E-state index contributed by atoms with van der Waals surface area (Å²) in [7, 11) is 0. The quantitative estimate of drug-likeness (QED) is 0.329. The summed E-state index contributed by atoms with van der Waals surface area (Å²) >= 11 is 0. The van der Waals surface area contributed by atoms with Crippen molar-refractivity contribution >= 4 is 0 Å². The summed E-state index contributed by atoms with van der Waals surface area (Å²) in [6.45, 7) is 1.73. The third kappa shape index (κ3) is 4.81. The molecule has 10 heteroatoms. The molecule has 0 spiro atoms. The average Bonchev–Trinajstić information content (AvgIpc) is 3.80. The van der Waals surface area contributed by atoms with Gasteiger partial charge in [0.2, 0.25) is 0 Å². The van der Waals surface area contributed by atoms with E-state index in [4.69, 9.17) is 14.2 Å². The summed E-state index contributed by atoms with van der Waals surface area (Å²) < 4.78 is 22.0. The number of nitrogens with zero attached hydrogens (tertiary/aromatic N) is 6. The van der Waals surface area contributed by atoms with Gasteiger partial charge >= 0.3 is 6.01 Å². The van der Waals surface area contributed by atoms with E-state index in [9.17, 15) is 0 Å². The monoisotopic (exact) mass is 521 g/mol. The van der Waals surface area contributed by atoms with Crippen LogP contribution in [0, 0.1) is 0 Å². The summed E-state index contributed by atoms with van der Waals surface area (Å²) in [5.41, 5.74) is 4.62. The van der Waals surface area contributed by atoms with Crippen LogP contribution in [0.1, 0.15) is 11.6 Å². The molecule has 7 rings (SSSR count). The second kappa shape index (κ2) is 10.4. The fourth-order valence-electron chi connectivity index (χ4n) is 5.22. The van der Waals surface area contributed by atoms with Crippen LogP contribution in [0.5, 0.6) is 11.8 Å². The lowest BCUT2D eigenvalue weighted by molar-refractivity contribution is 0.0611. The van der Waals surface area contributed by atoms with Crippen LogP contribution in [0.4, 0.5) is 0 Å². The molecule has 1 N–H and O–H groups in total. The largest absolute Gasteiger partial charge is 0.423 e. The Morgan fingerprint density at radius 1 is 0.872 bits per heavy atom. The number of hydrogen-bond donors (Lipinski definition) is 1. The van der Waals surface area contributed by atoms with Crippen molar-refractivity contribution in [2.24, 2.45) is 0 Å². The van der Waals surface area contributed by atoms with Gasteiger partial charge in [-0.15, -0.1) is 0 Å².